The predicted molar refractivity (Wildman–Crippen MR) is 58.5 cm³/mol. The van der Waals surface area contributed by atoms with Crippen molar-refractivity contribution in [3.8, 4) is 6.07 Å². The van der Waals surface area contributed by atoms with Crippen LogP contribution in [0, 0.1) is 17.2 Å². The zero-order valence-electron chi connectivity index (χ0n) is 8.02. The van der Waals surface area contributed by atoms with Crippen LogP contribution >= 0.6 is 0 Å². The van der Waals surface area contributed by atoms with Crippen LogP contribution in [0.15, 0.2) is 30.3 Å². The number of nitriles is 1. The van der Waals surface area contributed by atoms with E-state index in [1.54, 1.807) is 0 Å². The number of benzene rings is 1. The molecular formula is C12H13NSe. The molecule has 0 saturated heterocycles. The molecule has 1 saturated carbocycles. The van der Waals surface area contributed by atoms with Crippen molar-refractivity contribution in [2.45, 2.75) is 24.1 Å². The van der Waals surface area contributed by atoms with Gasteiger partial charge in [-0.15, -0.1) is 0 Å². The van der Waals surface area contributed by atoms with E-state index >= 15 is 0 Å². The first-order valence-electron chi connectivity index (χ1n) is 4.97. The molecule has 72 valence electrons. The van der Waals surface area contributed by atoms with Gasteiger partial charge in [0.1, 0.15) is 0 Å². The van der Waals surface area contributed by atoms with Gasteiger partial charge in [-0.05, 0) is 0 Å². The predicted octanol–water partition coefficient (Wildman–Crippen LogP) is 2.13. The molecule has 1 aliphatic rings. The average Bonchev–Trinajstić information content (AvgIpc) is 2.16. The van der Waals surface area contributed by atoms with Gasteiger partial charge < -0.3 is 0 Å². The second-order valence-electron chi connectivity index (χ2n) is 3.75. The Morgan fingerprint density at radius 3 is 2.64 bits per heavy atom. The number of hydrogen-bond acceptors (Lipinski definition) is 1. The number of nitrogens with zero attached hydrogens (tertiary/aromatic N) is 1. The molecule has 0 aliphatic heterocycles. The third-order valence-electron chi connectivity index (χ3n) is 2.62. The van der Waals surface area contributed by atoms with Crippen LogP contribution in [0.1, 0.15) is 19.3 Å². The van der Waals surface area contributed by atoms with Crippen LogP contribution in [0.3, 0.4) is 0 Å². The van der Waals surface area contributed by atoms with E-state index in [2.05, 4.69) is 36.4 Å². The molecule has 0 amide bonds. The molecule has 0 atom stereocenters. The summed E-state index contributed by atoms with van der Waals surface area (Å²) in [6.07, 6.45) is 3.33. The molecule has 0 unspecified atom stereocenters. The minimum atomic E-state index is 0.632. The Hall–Kier alpha value is -0.771. The maximum absolute atomic E-state index is 8.53. The number of hydrogen-bond donors (Lipinski definition) is 0. The first-order valence-corrected chi connectivity index (χ1v) is 6.81. The molecular weight excluding hydrogens is 237 g/mol. The Morgan fingerprint density at radius 1 is 1.29 bits per heavy atom. The zero-order valence-corrected chi connectivity index (χ0v) is 9.73. The van der Waals surface area contributed by atoms with Gasteiger partial charge in [0.2, 0.25) is 0 Å². The number of rotatable bonds is 3. The first kappa shape index (κ1) is 9.77. The Labute approximate surface area is 91.3 Å². The summed E-state index contributed by atoms with van der Waals surface area (Å²) in [6, 6.07) is 13.0. The zero-order chi connectivity index (χ0) is 9.80. The van der Waals surface area contributed by atoms with E-state index in [4.69, 9.17) is 5.26 Å². The summed E-state index contributed by atoms with van der Waals surface area (Å²) >= 11 is 0.632. The molecule has 1 fully saturated rings. The van der Waals surface area contributed by atoms with E-state index in [0.717, 1.165) is 11.2 Å². The van der Waals surface area contributed by atoms with Gasteiger partial charge in [0.15, 0.2) is 0 Å². The third kappa shape index (κ3) is 2.38. The molecule has 0 heterocycles. The van der Waals surface area contributed by atoms with Gasteiger partial charge in [0.25, 0.3) is 0 Å². The summed E-state index contributed by atoms with van der Waals surface area (Å²) in [6.45, 7) is 0. The summed E-state index contributed by atoms with van der Waals surface area (Å²) in [4.78, 5) is 0.892. The second-order valence-corrected chi connectivity index (χ2v) is 6.63. The summed E-state index contributed by atoms with van der Waals surface area (Å²) in [5.74, 6) is 0.704. The van der Waals surface area contributed by atoms with Crippen molar-refractivity contribution < 1.29 is 0 Å². The van der Waals surface area contributed by atoms with Crippen LogP contribution in [-0.2, 0) is 0 Å². The summed E-state index contributed by atoms with van der Waals surface area (Å²) < 4.78 is 1.50. The second kappa shape index (κ2) is 4.64. The summed E-state index contributed by atoms with van der Waals surface area (Å²) in [5.41, 5.74) is 0. The van der Waals surface area contributed by atoms with Crippen molar-refractivity contribution in [1.82, 2.24) is 0 Å². The van der Waals surface area contributed by atoms with Gasteiger partial charge >= 0.3 is 91.1 Å². The molecule has 1 nitrogen and oxygen atoms in total. The quantitative estimate of drug-likeness (QED) is 0.754. The molecule has 0 bridgehead atoms. The van der Waals surface area contributed by atoms with E-state index in [-0.39, 0.29) is 0 Å². The van der Waals surface area contributed by atoms with E-state index < -0.39 is 0 Å². The summed E-state index contributed by atoms with van der Waals surface area (Å²) in [7, 11) is 0. The van der Waals surface area contributed by atoms with E-state index in [0.29, 0.717) is 20.9 Å². The van der Waals surface area contributed by atoms with Crippen molar-refractivity contribution in [2.75, 3.05) is 0 Å². The maximum atomic E-state index is 8.53. The molecule has 1 aromatic carbocycles. The first-order chi connectivity index (χ1) is 6.88. The average molecular weight is 250 g/mol. The Kier molecular flexibility index (Phi) is 3.24. The fourth-order valence-corrected chi connectivity index (χ4v) is 4.77. The molecule has 2 heteroatoms. The van der Waals surface area contributed by atoms with Crippen molar-refractivity contribution in [1.29, 1.82) is 5.26 Å². The van der Waals surface area contributed by atoms with Crippen molar-refractivity contribution in [2.24, 2.45) is 5.92 Å². The van der Waals surface area contributed by atoms with Crippen LogP contribution < -0.4 is 4.46 Å². The molecule has 0 radical (unpaired) electrons. The van der Waals surface area contributed by atoms with Crippen molar-refractivity contribution >= 4 is 19.4 Å². The fraction of sp³-hybridized carbons (Fsp3) is 0.417. The topological polar surface area (TPSA) is 23.8 Å². The van der Waals surface area contributed by atoms with Gasteiger partial charge in [0.05, 0.1) is 0 Å². The molecule has 1 aromatic rings. The van der Waals surface area contributed by atoms with Gasteiger partial charge in [-0.25, -0.2) is 0 Å². The van der Waals surface area contributed by atoms with Crippen LogP contribution in [-0.4, -0.2) is 15.0 Å². The molecule has 0 N–H and O–H groups in total. The van der Waals surface area contributed by atoms with Crippen LogP contribution in [0.4, 0.5) is 0 Å². The van der Waals surface area contributed by atoms with Crippen LogP contribution in [0.25, 0.3) is 0 Å². The monoisotopic (exact) mass is 251 g/mol. The third-order valence-corrected chi connectivity index (χ3v) is 5.27. The van der Waals surface area contributed by atoms with E-state index in [1.165, 1.54) is 17.3 Å². The SMILES string of the molecule is N#CCC1CC([Se]c2ccccc2)C1. The van der Waals surface area contributed by atoms with Gasteiger partial charge in [-0.1, -0.05) is 0 Å². The van der Waals surface area contributed by atoms with Crippen LogP contribution in [0.5, 0.6) is 0 Å². The molecule has 2 rings (SSSR count). The summed E-state index contributed by atoms with van der Waals surface area (Å²) in [5, 5.41) is 8.53. The normalized spacial score (nSPS) is 25.1. The minimum absolute atomic E-state index is 0.632. The van der Waals surface area contributed by atoms with Gasteiger partial charge in [-0.3, -0.25) is 0 Å². The van der Waals surface area contributed by atoms with Crippen LogP contribution in [0.2, 0.25) is 4.82 Å². The van der Waals surface area contributed by atoms with Gasteiger partial charge in [0, 0.05) is 0 Å². The standard InChI is InChI=1S/C12H13NSe/c13-7-6-10-8-12(9-10)14-11-4-2-1-3-5-11/h1-5,10,12H,6,8-9H2. The van der Waals surface area contributed by atoms with Crippen molar-refractivity contribution in [3.63, 3.8) is 0 Å². The molecule has 14 heavy (non-hydrogen) atoms. The fourth-order valence-electron chi connectivity index (χ4n) is 1.76. The van der Waals surface area contributed by atoms with E-state index in [9.17, 15) is 0 Å². The Balaban J connectivity index is 1.78. The Bertz CT molecular complexity index is 322. The molecule has 0 spiro atoms. The van der Waals surface area contributed by atoms with E-state index in [1.807, 2.05) is 0 Å². The molecule has 0 aromatic heterocycles. The Morgan fingerprint density at radius 2 is 2.00 bits per heavy atom. The van der Waals surface area contributed by atoms with Gasteiger partial charge in [-0.2, -0.15) is 0 Å². The molecule has 1 aliphatic carbocycles. The van der Waals surface area contributed by atoms with Crippen molar-refractivity contribution in [3.05, 3.63) is 30.3 Å².